The third-order valence-corrected chi connectivity index (χ3v) is 4.15. The van der Waals surface area contributed by atoms with Crippen molar-refractivity contribution in [3.8, 4) is 0 Å². The summed E-state index contributed by atoms with van der Waals surface area (Å²) >= 11 is 0. The van der Waals surface area contributed by atoms with Crippen molar-refractivity contribution in [3.05, 3.63) is 77.1 Å². The number of hydrogen-bond acceptors (Lipinski definition) is 4. The van der Waals surface area contributed by atoms with E-state index in [0.717, 1.165) is 21.8 Å². The van der Waals surface area contributed by atoms with Crippen LogP contribution < -0.4 is 5.32 Å². The summed E-state index contributed by atoms with van der Waals surface area (Å²) < 4.78 is 1.75. The van der Waals surface area contributed by atoms with E-state index in [-0.39, 0.29) is 18.1 Å². The van der Waals surface area contributed by atoms with Gasteiger partial charge in [-0.2, -0.15) is 0 Å². The SMILES string of the molecule is O=C(Cn1ccc2cc([N+](=O)[O-])ccc21)Nc1cnc2ccccc2c1. The van der Waals surface area contributed by atoms with E-state index < -0.39 is 4.92 Å². The number of carbonyl (C=O) groups is 1. The molecule has 0 saturated carbocycles. The fraction of sp³-hybridized carbons (Fsp3) is 0.0526. The molecule has 0 fully saturated rings. The van der Waals surface area contributed by atoms with Crippen LogP contribution in [0, 0.1) is 10.1 Å². The number of nitro benzene ring substituents is 1. The minimum atomic E-state index is -0.434. The first-order chi connectivity index (χ1) is 12.6. The molecule has 0 unspecified atom stereocenters. The predicted octanol–water partition coefficient (Wildman–Crippen LogP) is 3.74. The highest BCUT2D eigenvalue weighted by Gasteiger charge is 2.11. The molecule has 0 atom stereocenters. The number of pyridine rings is 1. The highest BCUT2D eigenvalue weighted by molar-refractivity contribution is 5.94. The van der Waals surface area contributed by atoms with Gasteiger partial charge in [0, 0.05) is 34.6 Å². The first-order valence-electron chi connectivity index (χ1n) is 7.98. The number of amides is 1. The Kier molecular flexibility index (Phi) is 3.81. The summed E-state index contributed by atoms with van der Waals surface area (Å²) in [6.45, 7) is 0.105. The minimum Gasteiger partial charge on any atom is -0.338 e. The summed E-state index contributed by atoms with van der Waals surface area (Å²) in [6.07, 6.45) is 3.37. The molecule has 0 aliphatic heterocycles. The van der Waals surface area contributed by atoms with Crippen LogP contribution in [-0.2, 0) is 11.3 Å². The van der Waals surface area contributed by atoms with Crippen LogP contribution in [0.25, 0.3) is 21.8 Å². The van der Waals surface area contributed by atoms with Crippen molar-refractivity contribution >= 4 is 39.1 Å². The van der Waals surface area contributed by atoms with Gasteiger partial charge in [0.15, 0.2) is 0 Å². The number of carbonyl (C=O) groups excluding carboxylic acids is 1. The van der Waals surface area contributed by atoms with Gasteiger partial charge >= 0.3 is 0 Å². The Labute approximate surface area is 148 Å². The average Bonchev–Trinajstić information content (AvgIpc) is 3.03. The van der Waals surface area contributed by atoms with E-state index in [1.165, 1.54) is 12.1 Å². The van der Waals surface area contributed by atoms with E-state index >= 15 is 0 Å². The lowest BCUT2D eigenvalue weighted by Crippen LogP contribution is -2.18. The van der Waals surface area contributed by atoms with Crippen LogP contribution in [-0.4, -0.2) is 20.4 Å². The molecule has 128 valence electrons. The van der Waals surface area contributed by atoms with Crippen LogP contribution >= 0.6 is 0 Å². The molecular formula is C19H14N4O3. The van der Waals surface area contributed by atoms with Gasteiger partial charge in [0.1, 0.15) is 6.54 Å². The number of benzene rings is 2. The molecule has 2 heterocycles. The number of nitro groups is 1. The molecule has 7 heteroatoms. The zero-order valence-corrected chi connectivity index (χ0v) is 13.6. The van der Waals surface area contributed by atoms with Gasteiger partial charge in [-0.25, -0.2) is 0 Å². The van der Waals surface area contributed by atoms with E-state index in [1.54, 1.807) is 29.1 Å². The Morgan fingerprint density at radius 1 is 1.12 bits per heavy atom. The number of hydrogen-bond donors (Lipinski definition) is 1. The van der Waals surface area contributed by atoms with E-state index in [0.29, 0.717) is 5.69 Å². The van der Waals surface area contributed by atoms with Crippen molar-refractivity contribution in [1.29, 1.82) is 0 Å². The summed E-state index contributed by atoms with van der Waals surface area (Å²) in [5.41, 5.74) is 2.29. The molecule has 0 spiro atoms. The molecule has 4 aromatic rings. The fourth-order valence-electron chi connectivity index (χ4n) is 2.93. The topological polar surface area (TPSA) is 90.1 Å². The highest BCUT2D eigenvalue weighted by Crippen LogP contribution is 2.22. The van der Waals surface area contributed by atoms with Gasteiger partial charge in [0.05, 0.1) is 22.3 Å². The molecule has 1 amide bonds. The highest BCUT2D eigenvalue weighted by atomic mass is 16.6. The molecule has 0 aliphatic carbocycles. The third kappa shape index (κ3) is 2.98. The van der Waals surface area contributed by atoms with Crippen molar-refractivity contribution < 1.29 is 9.72 Å². The summed E-state index contributed by atoms with van der Waals surface area (Å²) in [5, 5.41) is 15.4. The van der Waals surface area contributed by atoms with Crippen LogP contribution in [0.15, 0.2) is 67.0 Å². The molecular weight excluding hydrogens is 332 g/mol. The minimum absolute atomic E-state index is 0.0296. The molecule has 2 aromatic heterocycles. The molecule has 0 saturated heterocycles. The summed E-state index contributed by atoms with van der Waals surface area (Å²) in [5.74, 6) is -0.196. The van der Waals surface area contributed by atoms with E-state index in [9.17, 15) is 14.9 Å². The Bertz CT molecular complexity index is 1150. The van der Waals surface area contributed by atoms with Crippen LogP contribution in [0.2, 0.25) is 0 Å². The second-order valence-electron chi connectivity index (χ2n) is 5.91. The molecule has 4 rings (SSSR count). The summed E-state index contributed by atoms with van der Waals surface area (Å²) in [6, 6.07) is 15.9. The summed E-state index contributed by atoms with van der Waals surface area (Å²) in [4.78, 5) is 27.1. The monoisotopic (exact) mass is 346 g/mol. The Hall–Kier alpha value is -3.74. The molecule has 2 aromatic carbocycles. The number of rotatable bonds is 4. The predicted molar refractivity (Wildman–Crippen MR) is 99.0 cm³/mol. The third-order valence-electron chi connectivity index (χ3n) is 4.15. The zero-order chi connectivity index (χ0) is 18.1. The zero-order valence-electron chi connectivity index (χ0n) is 13.6. The first kappa shape index (κ1) is 15.8. The Balaban J connectivity index is 1.54. The first-order valence-corrected chi connectivity index (χ1v) is 7.98. The van der Waals surface area contributed by atoms with Crippen molar-refractivity contribution in [2.45, 2.75) is 6.54 Å². The second kappa shape index (κ2) is 6.29. The maximum Gasteiger partial charge on any atom is 0.270 e. The normalized spacial score (nSPS) is 10.9. The molecule has 0 bridgehead atoms. The number of para-hydroxylation sites is 1. The number of fused-ring (bicyclic) bond motifs is 2. The number of nitrogens with one attached hydrogen (secondary N) is 1. The fourth-order valence-corrected chi connectivity index (χ4v) is 2.93. The Morgan fingerprint density at radius 3 is 2.81 bits per heavy atom. The lowest BCUT2D eigenvalue weighted by atomic mass is 10.2. The van der Waals surface area contributed by atoms with E-state index in [1.807, 2.05) is 30.3 Å². The molecule has 0 aliphatic rings. The molecule has 1 N–H and O–H groups in total. The second-order valence-corrected chi connectivity index (χ2v) is 5.91. The van der Waals surface area contributed by atoms with Crippen molar-refractivity contribution in [2.75, 3.05) is 5.32 Å². The van der Waals surface area contributed by atoms with Gasteiger partial charge in [-0.1, -0.05) is 18.2 Å². The van der Waals surface area contributed by atoms with Crippen LogP contribution in [0.5, 0.6) is 0 Å². The van der Waals surface area contributed by atoms with Crippen molar-refractivity contribution in [2.24, 2.45) is 0 Å². The number of nitrogens with zero attached hydrogens (tertiary/aromatic N) is 3. The molecule has 0 radical (unpaired) electrons. The maximum atomic E-state index is 12.4. The number of anilines is 1. The van der Waals surface area contributed by atoms with Crippen molar-refractivity contribution in [3.63, 3.8) is 0 Å². The van der Waals surface area contributed by atoms with Gasteiger partial charge in [0.25, 0.3) is 5.69 Å². The van der Waals surface area contributed by atoms with Gasteiger partial charge in [-0.05, 0) is 24.3 Å². The number of non-ortho nitro benzene ring substituents is 1. The largest absolute Gasteiger partial charge is 0.338 e. The van der Waals surface area contributed by atoms with Crippen LogP contribution in [0.3, 0.4) is 0 Å². The van der Waals surface area contributed by atoms with Crippen LogP contribution in [0.4, 0.5) is 11.4 Å². The smallest absolute Gasteiger partial charge is 0.270 e. The van der Waals surface area contributed by atoms with Crippen molar-refractivity contribution in [1.82, 2.24) is 9.55 Å². The average molecular weight is 346 g/mol. The number of aromatic nitrogens is 2. The van der Waals surface area contributed by atoms with Gasteiger partial charge in [-0.15, -0.1) is 0 Å². The van der Waals surface area contributed by atoms with E-state index in [4.69, 9.17) is 0 Å². The molecule has 26 heavy (non-hydrogen) atoms. The van der Waals surface area contributed by atoms with Crippen LogP contribution in [0.1, 0.15) is 0 Å². The van der Waals surface area contributed by atoms with Gasteiger partial charge in [0.2, 0.25) is 5.91 Å². The lowest BCUT2D eigenvalue weighted by Gasteiger charge is -2.08. The van der Waals surface area contributed by atoms with E-state index in [2.05, 4.69) is 10.3 Å². The summed E-state index contributed by atoms with van der Waals surface area (Å²) in [7, 11) is 0. The van der Waals surface area contributed by atoms with Gasteiger partial charge < -0.3 is 9.88 Å². The maximum absolute atomic E-state index is 12.4. The quantitative estimate of drug-likeness (QED) is 0.450. The lowest BCUT2D eigenvalue weighted by molar-refractivity contribution is -0.384. The Morgan fingerprint density at radius 2 is 1.96 bits per heavy atom. The standard InChI is InChI=1S/C19H14N4O3/c24-19(21-15-9-13-3-1-2-4-17(13)20-11-15)12-22-8-7-14-10-16(23(25)26)5-6-18(14)22/h1-11H,12H2,(H,21,24). The molecule has 7 nitrogen and oxygen atoms in total. The van der Waals surface area contributed by atoms with Gasteiger partial charge in [-0.3, -0.25) is 19.9 Å².